The van der Waals surface area contributed by atoms with Crippen molar-refractivity contribution in [3.63, 3.8) is 0 Å². The minimum Gasteiger partial charge on any atom is -0.399 e. The molecule has 0 unspecified atom stereocenters. The molecule has 0 saturated carbocycles. The zero-order valence-electron chi connectivity index (χ0n) is 7.46. The zero-order chi connectivity index (χ0) is 8.72. The summed E-state index contributed by atoms with van der Waals surface area (Å²) in [5.41, 5.74) is 14.2. The molecule has 0 atom stereocenters. The summed E-state index contributed by atoms with van der Waals surface area (Å²) in [5, 5.41) is 7.79. The van der Waals surface area contributed by atoms with E-state index in [1.165, 1.54) is 0 Å². The molecule has 5 N–H and O–H groups in total. The molecular weight excluding hydrogens is 150 g/mol. The third kappa shape index (κ3) is 0.871. The number of nitrogens with two attached hydrogens (primary N) is 2. The molecule has 0 amide bonds. The number of nitrogens with one attached hydrogen (secondary N) is 1. The quantitative estimate of drug-likeness (QED) is 0.544. The molecule has 12 heavy (non-hydrogen) atoms. The highest BCUT2D eigenvalue weighted by Crippen LogP contribution is 2.27. The van der Waals surface area contributed by atoms with Crippen molar-refractivity contribution in [1.82, 2.24) is 0 Å². The third-order valence-electron chi connectivity index (χ3n) is 1.93. The standard InChI is InChI=1S/C9H9N3/c10-6-3-1-5(2-4-6)7-8(11)9(7)12/h1-4,11H,10,12H2/p+1. The molecule has 3 nitrogen and oxygen atoms in total. The Bertz CT molecular complexity index is 424. The second-order valence-electron chi connectivity index (χ2n) is 2.79. The largest absolute Gasteiger partial charge is 1.00 e. The summed E-state index contributed by atoms with van der Waals surface area (Å²) in [6, 6.07) is 7.36. The summed E-state index contributed by atoms with van der Waals surface area (Å²) in [6.07, 6.45) is 0. The minimum absolute atomic E-state index is 0. The van der Waals surface area contributed by atoms with Gasteiger partial charge in [-0.15, -0.1) is 0 Å². The van der Waals surface area contributed by atoms with Gasteiger partial charge in [0.25, 0.3) is 0 Å². The van der Waals surface area contributed by atoms with Gasteiger partial charge in [-0.05, 0) is 17.7 Å². The first-order chi connectivity index (χ1) is 5.70. The lowest BCUT2D eigenvalue weighted by Crippen LogP contribution is -1.83. The molecule has 0 aliphatic carbocycles. The Balaban J connectivity index is 0.000000845. The fraction of sp³-hybridized carbons (Fsp3) is 0. The maximum atomic E-state index is 7.34. The van der Waals surface area contributed by atoms with Crippen LogP contribution in [0.4, 0.5) is 11.4 Å². The SMILES string of the molecule is N=c1c(N)c1-c1ccc(N)cc1.[H+]. The third-order valence-corrected chi connectivity index (χ3v) is 1.93. The van der Waals surface area contributed by atoms with Crippen LogP contribution >= 0.6 is 0 Å². The molecule has 0 aliphatic rings. The van der Waals surface area contributed by atoms with E-state index in [4.69, 9.17) is 16.9 Å². The van der Waals surface area contributed by atoms with E-state index in [-0.39, 0.29) is 1.43 Å². The van der Waals surface area contributed by atoms with Gasteiger partial charge in [0.1, 0.15) is 0 Å². The molecule has 0 bridgehead atoms. The van der Waals surface area contributed by atoms with E-state index in [0.29, 0.717) is 11.0 Å². The highest BCUT2D eigenvalue weighted by molar-refractivity contribution is 5.87. The topological polar surface area (TPSA) is 75.9 Å². The molecule has 0 saturated heterocycles. The number of hydrogen-bond donors (Lipinski definition) is 3. The lowest BCUT2D eigenvalue weighted by molar-refractivity contribution is 1.37. The van der Waals surface area contributed by atoms with Crippen LogP contribution in [0.5, 0.6) is 0 Å². The molecular formula is C9H10N3+. The molecule has 0 radical (unpaired) electrons. The van der Waals surface area contributed by atoms with Gasteiger partial charge in [0.05, 0.1) is 11.0 Å². The minimum atomic E-state index is 0. The first-order valence-corrected chi connectivity index (χ1v) is 3.65. The molecule has 0 aliphatic heterocycles. The summed E-state index contributed by atoms with van der Waals surface area (Å²) in [4.78, 5) is 0. The van der Waals surface area contributed by atoms with E-state index in [9.17, 15) is 0 Å². The van der Waals surface area contributed by atoms with Gasteiger partial charge in [0.15, 0.2) is 0 Å². The predicted molar refractivity (Wildman–Crippen MR) is 50.0 cm³/mol. The van der Waals surface area contributed by atoms with Gasteiger partial charge in [0, 0.05) is 11.3 Å². The zero-order valence-corrected chi connectivity index (χ0v) is 6.46. The van der Waals surface area contributed by atoms with E-state index >= 15 is 0 Å². The van der Waals surface area contributed by atoms with Crippen molar-refractivity contribution in [1.29, 1.82) is 5.41 Å². The van der Waals surface area contributed by atoms with Crippen molar-refractivity contribution in [2.24, 2.45) is 0 Å². The average Bonchev–Trinajstić information content (AvgIpc) is 2.63. The van der Waals surface area contributed by atoms with Crippen molar-refractivity contribution in [3.05, 3.63) is 29.6 Å². The molecule has 0 spiro atoms. The van der Waals surface area contributed by atoms with Gasteiger partial charge in [-0.1, -0.05) is 12.1 Å². The first-order valence-electron chi connectivity index (χ1n) is 3.65. The maximum Gasteiger partial charge on any atom is 1.00 e. The van der Waals surface area contributed by atoms with Gasteiger partial charge in [-0.2, -0.15) is 0 Å². The number of nitrogen functional groups attached to an aromatic ring is 2. The summed E-state index contributed by atoms with van der Waals surface area (Å²) in [5.74, 6) is 0. The molecule has 0 heterocycles. The van der Waals surface area contributed by atoms with Crippen LogP contribution in [0.15, 0.2) is 24.3 Å². The molecule has 2 aromatic carbocycles. The van der Waals surface area contributed by atoms with Crippen LogP contribution in [0.25, 0.3) is 11.1 Å². The molecule has 3 heteroatoms. The van der Waals surface area contributed by atoms with Gasteiger partial charge in [-0.25, -0.2) is 0 Å². The molecule has 0 fully saturated rings. The van der Waals surface area contributed by atoms with Crippen molar-refractivity contribution >= 4 is 11.4 Å². The molecule has 0 aromatic heterocycles. The monoisotopic (exact) mass is 160 g/mol. The van der Waals surface area contributed by atoms with E-state index in [1.807, 2.05) is 12.1 Å². The smallest absolute Gasteiger partial charge is 0.399 e. The first kappa shape index (κ1) is 6.91. The Morgan fingerprint density at radius 1 is 1.08 bits per heavy atom. The number of rotatable bonds is 1. The van der Waals surface area contributed by atoms with Crippen LogP contribution in [-0.2, 0) is 0 Å². The van der Waals surface area contributed by atoms with Crippen LogP contribution in [0.1, 0.15) is 1.43 Å². The van der Waals surface area contributed by atoms with E-state index in [1.54, 1.807) is 12.1 Å². The molecule has 2 aromatic rings. The Kier molecular flexibility index (Phi) is 1.21. The lowest BCUT2D eigenvalue weighted by atomic mass is 10.2. The van der Waals surface area contributed by atoms with Crippen LogP contribution in [0.2, 0.25) is 0 Å². The summed E-state index contributed by atoms with van der Waals surface area (Å²) in [7, 11) is 0. The lowest BCUT2D eigenvalue weighted by Gasteiger charge is -1.93. The van der Waals surface area contributed by atoms with Crippen molar-refractivity contribution in [3.8, 4) is 11.1 Å². The van der Waals surface area contributed by atoms with Gasteiger partial charge in [-0.3, -0.25) is 5.41 Å². The van der Waals surface area contributed by atoms with Crippen LogP contribution < -0.4 is 16.8 Å². The van der Waals surface area contributed by atoms with Crippen molar-refractivity contribution < 1.29 is 1.43 Å². The highest BCUT2D eigenvalue weighted by Gasteiger charge is 2.15. The van der Waals surface area contributed by atoms with Crippen LogP contribution in [0, 0.1) is 5.41 Å². The second-order valence-corrected chi connectivity index (χ2v) is 2.79. The van der Waals surface area contributed by atoms with Gasteiger partial charge >= 0.3 is 1.43 Å². The predicted octanol–water partition coefficient (Wildman–Crippen LogP) is 0.986. The van der Waals surface area contributed by atoms with Crippen LogP contribution in [-0.4, -0.2) is 0 Å². The maximum absolute atomic E-state index is 7.34. The van der Waals surface area contributed by atoms with E-state index < -0.39 is 0 Å². The summed E-state index contributed by atoms with van der Waals surface area (Å²) >= 11 is 0. The van der Waals surface area contributed by atoms with E-state index in [0.717, 1.165) is 16.8 Å². The van der Waals surface area contributed by atoms with Gasteiger partial charge in [0.2, 0.25) is 0 Å². The highest BCUT2D eigenvalue weighted by atomic mass is 14.7. The summed E-state index contributed by atoms with van der Waals surface area (Å²) in [6.45, 7) is 0. The number of anilines is 2. The Hall–Kier alpha value is -1.77. The average molecular weight is 160 g/mol. The Labute approximate surface area is 71.3 Å². The van der Waals surface area contributed by atoms with Crippen molar-refractivity contribution in [2.45, 2.75) is 0 Å². The molecule has 2 rings (SSSR count). The fourth-order valence-corrected chi connectivity index (χ4v) is 1.15. The Morgan fingerprint density at radius 3 is 2.00 bits per heavy atom. The normalized spacial score (nSPS) is 10.7. The van der Waals surface area contributed by atoms with Crippen LogP contribution in [0.3, 0.4) is 0 Å². The Morgan fingerprint density at radius 2 is 1.58 bits per heavy atom. The fourth-order valence-electron chi connectivity index (χ4n) is 1.15. The number of hydrogen-bond acceptors (Lipinski definition) is 3. The van der Waals surface area contributed by atoms with Gasteiger partial charge < -0.3 is 11.5 Å². The number of benzene rings is 1. The molecule has 60 valence electrons. The van der Waals surface area contributed by atoms with Crippen molar-refractivity contribution in [2.75, 3.05) is 11.5 Å². The second kappa shape index (κ2) is 2.11. The summed E-state index contributed by atoms with van der Waals surface area (Å²) < 4.78 is 0. The van der Waals surface area contributed by atoms with E-state index in [2.05, 4.69) is 0 Å².